The first-order valence-electron chi connectivity index (χ1n) is 5.27. The summed E-state index contributed by atoms with van der Waals surface area (Å²) in [6.45, 7) is 5.34. The molecule has 2 rings (SSSR count). The number of hydrogen-bond donors (Lipinski definition) is 1. The predicted octanol–water partition coefficient (Wildman–Crippen LogP) is 1.43. The van der Waals surface area contributed by atoms with E-state index in [1.54, 1.807) is 0 Å². The molecule has 14 heavy (non-hydrogen) atoms. The Kier molecular flexibility index (Phi) is 2.14. The molecule has 1 heterocycles. The number of fused-ring (bicyclic) bond motifs is 1. The summed E-state index contributed by atoms with van der Waals surface area (Å²) >= 11 is 0. The minimum Gasteiger partial charge on any atom is -0.330 e. The SMILES string of the molecule is Cn1ncc2c1CCC(C)(C)C2CN. The first kappa shape index (κ1) is 9.71. The molecular formula is C11H19N3. The molecule has 1 aliphatic rings. The lowest BCUT2D eigenvalue weighted by molar-refractivity contribution is 0.246. The highest BCUT2D eigenvalue weighted by atomic mass is 15.3. The van der Waals surface area contributed by atoms with Crippen LogP contribution in [0.5, 0.6) is 0 Å². The molecule has 0 radical (unpaired) electrons. The molecule has 0 amide bonds. The summed E-state index contributed by atoms with van der Waals surface area (Å²) in [5, 5.41) is 4.32. The second-order valence-corrected chi connectivity index (χ2v) is 4.95. The van der Waals surface area contributed by atoms with E-state index in [0.717, 1.165) is 13.0 Å². The Balaban J connectivity index is 2.45. The van der Waals surface area contributed by atoms with E-state index in [1.807, 2.05) is 17.9 Å². The largest absolute Gasteiger partial charge is 0.330 e. The van der Waals surface area contributed by atoms with Gasteiger partial charge in [-0.05, 0) is 30.4 Å². The highest BCUT2D eigenvalue weighted by Crippen LogP contribution is 2.44. The molecule has 0 spiro atoms. The topological polar surface area (TPSA) is 43.8 Å². The second-order valence-electron chi connectivity index (χ2n) is 4.95. The van der Waals surface area contributed by atoms with Crippen LogP contribution >= 0.6 is 0 Å². The van der Waals surface area contributed by atoms with Gasteiger partial charge in [0, 0.05) is 18.7 Å². The molecule has 78 valence electrons. The summed E-state index contributed by atoms with van der Waals surface area (Å²) in [5.74, 6) is 0.472. The molecule has 3 nitrogen and oxygen atoms in total. The average Bonchev–Trinajstić information content (AvgIpc) is 2.46. The maximum absolute atomic E-state index is 5.87. The van der Waals surface area contributed by atoms with E-state index in [2.05, 4.69) is 18.9 Å². The summed E-state index contributed by atoms with van der Waals surface area (Å²) in [6.07, 6.45) is 4.34. The standard InChI is InChI=1S/C11H19N3/c1-11(2)5-4-10-8(9(11)6-12)7-13-14(10)3/h7,9H,4-6,12H2,1-3H3. The summed E-state index contributed by atoms with van der Waals surface area (Å²) in [4.78, 5) is 0. The summed E-state index contributed by atoms with van der Waals surface area (Å²) in [6, 6.07) is 0. The Bertz CT molecular complexity index is 338. The molecule has 0 saturated heterocycles. The second kappa shape index (κ2) is 3.09. The number of aryl methyl sites for hydroxylation is 1. The molecule has 1 atom stereocenters. The van der Waals surface area contributed by atoms with Crippen LogP contribution in [0.15, 0.2) is 6.20 Å². The van der Waals surface area contributed by atoms with Crippen molar-refractivity contribution in [2.75, 3.05) is 6.54 Å². The summed E-state index contributed by atoms with van der Waals surface area (Å²) in [7, 11) is 2.02. The van der Waals surface area contributed by atoms with Gasteiger partial charge in [0.1, 0.15) is 0 Å². The van der Waals surface area contributed by atoms with Crippen LogP contribution < -0.4 is 5.73 Å². The molecule has 0 fully saturated rings. The maximum Gasteiger partial charge on any atom is 0.0528 e. The maximum atomic E-state index is 5.87. The van der Waals surface area contributed by atoms with Crippen molar-refractivity contribution in [3.05, 3.63) is 17.5 Å². The number of nitrogens with two attached hydrogens (primary N) is 1. The van der Waals surface area contributed by atoms with Crippen LogP contribution in [0.1, 0.15) is 37.4 Å². The van der Waals surface area contributed by atoms with Crippen LogP contribution in [0, 0.1) is 5.41 Å². The smallest absolute Gasteiger partial charge is 0.0528 e. The third-order valence-electron chi connectivity index (χ3n) is 3.65. The van der Waals surface area contributed by atoms with Gasteiger partial charge in [0.15, 0.2) is 0 Å². The molecule has 1 aliphatic carbocycles. The molecule has 0 saturated carbocycles. The van der Waals surface area contributed by atoms with Gasteiger partial charge in [-0.25, -0.2) is 0 Å². The van der Waals surface area contributed by atoms with Crippen molar-refractivity contribution in [1.29, 1.82) is 0 Å². The zero-order valence-corrected chi connectivity index (χ0v) is 9.25. The van der Waals surface area contributed by atoms with Gasteiger partial charge in [-0.15, -0.1) is 0 Å². The number of hydrogen-bond acceptors (Lipinski definition) is 2. The van der Waals surface area contributed by atoms with Gasteiger partial charge in [0.2, 0.25) is 0 Å². The fourth-order valence-electron chi connectivity index (χ4n) is 2.56. The van der Waals surface area contributed by atoms with Crippen molar-refractivity contribution >= 4 is 0 Å². The quantitative estimate of drug-likeness (QED) is 0.733. The molecule has 0 aromatic carbocycles. The van der Waals surface area contributed by atoms with Crippen LogP contribution in [0.3, 0.4) is 0 Å². The molecule has 2 N–H and O–H groups in total. The van der Waals surface area contributed by atoms with Crippen LogP contribution in [-0.2, 0) is 13.5 Å². The van der Waals surface area contributed by atoms with Crippen molar-refractivity contribution in [1.82, 2.24) is 9.78 Å². The van der Waals surface area contributed by atoms with Crippen molar-refractivity contribution < 1.29 is 0 Å². The van der Waals surface area contributed by atoms with Gasteiger partial charge in [0.25, 0.3) is 0 Å². The lowest BCUT2D eigenvalue weighted by Crippen LogP contribution is -2.33. The normalized spacial score (nSPS) is 24.7. The van der Waals surface area contributed by atoms with Crippen molar-refractivity contribution in [3.63, 3.8) is 0 Å². The highest BCUT2D eigenvalue weighted by molar-refractivity contribution is 5.28. The van der Waals surface area contributed by atoms with Crippen LogP contribution in [0.25, 0.3) is 0 Å². The van der Waals surface area contributed by atoms with E-state index in [1.165, 1.54) is 17.7 Å². The summed E-state index contributed by atoms with van der Waals surface area (Å²) in [5.41, 5.74) is 8.93. The monoisotopic (exact) mass is 193 g/mol. The third-order valence-corrected chi connectivity index (χ3v) is 3.65. The molecule has 1 unspecified atom stereocenters. The number of aromatic nitrogens is 2. The molecule has 3 heteroatoms. The Morgan fingerprint density at radius 3 is 3.00 bits per heavy atom. The predicted molar refractivity (Wildman–Crippen MR) is 57.1 cm³/mol. The van der Waals surface area contributed by atoms with Crippen molar-refractivity contribution in [2.45, 2.75) is 32.6 Å². The summed E-state index contributed by atoms with van der Waals surface area (Å²) < 4.78 is 1.99. The van der Waals surface area contributed by atoms with E-state index >= 15 is 0 Å². The third kappa shape index (κ3) is 1.27. The number of nitrogens with zero attached hydrogens (tertiary/aromatic N) is 2. The van der Waals surface area contributed by atoms with Gasteiger partial charge < -0.3 is 5.73 Å². The Labute approximate surface area is 85.3 Å². The Morgan fingerprint density at radius 1 is 1.64 bits per heavy atom. The van der Waals surface area contributed by atoms with Crippen LogP contribution in [0.4, 0.5) is 0 Å². The number of rotatable bonds is 1. The molecule has 0 aliphatic heterocycles. The van der Waals surface area contributed by atoms with Crippen LogP contribution in [0.2, 0.25) is 0 Å². The molecule has 0 bridgehead atoms. The minimum atomic E-state index is 0.324. The van der Waals surface area contributed by atoms with E-state index in [-0.39, 0.29) is 0 Å². The zero-order chi connectivity index (χ0) is 10.3. The average molecular weight is 193 g/mol. The molecule has 1 aromatic rings. The first-order valence-corrected chi connectivity index (χ1v) is 5.27. The lowest BCUT2D eigenvalue weighted by Gasteiger charge is -2.37. The first-order chi connectivity index (χ1) is 6.56. The van der Waals surface area contributed by atoms with Crippen LogP contribution in [-0.4, -0.2) is 16.3 Å². The van der Waals surface area contributed by atoms with E-state index in [9.17, 15) is 0 Å². The van der Waals surface area contributed by atoms with E-state index in [4.69, 9.17) is 5.73 Å². The fourth-order valence-corrected chi connectivity index (χ4v) is 2.56. The van der Waals surface area contributed by atoms with E-state index < -0.39 is 0 Å². The Morgan fingerprint density at radius 2 is 2.36 bits per heavy atom. The lowest BCUT2D eigenvalue weighted by atomic mass is 9.68. The van der Waals surface area contributed by atoms with Gasteiger partial charge in [-0.3, -0.25) is 4.68 Å². The van der Waals surface area contributed by atoms with Gasteiger partial charge in [0.05, 0.1) is 6.20 Å². The zero-order valence-electron chi connectivity index (χ0n) is 9.25. The molecular weight excluding hydrogens is 174 g/mol. The fraction of sp³-hybridized carbons (Fsp3) is 0.727. The van der Waals surface area contributed by atoms with E-state index in [0.29, 0.717) is 11.3 Å². The van der Waals surface area contributed by atoms with Crippen molar-refractivity contribution in [2.24, 2.45) is 18.2 Å². The van der Waals surface area contributed by atoms with Gasteiger partial charge in [-0.2, -0.15) is 5.10 Å². The minimum absolute atomic E-state index is 0.324. The van der Waals surface area contributed by atoms with Gasteiger partial charge in [-0.1, -0.05) is 13.8 Å². The Hall–Kier alpha value is -0.830. The van der Waals surface area contributed by atoms with Crippen molar-refractivity contribution in [3.8, 4) is 0 Å². The van der Waals surface area contributed by atoms with Gasteiger partial charge >= 0.3 is 0 Å². The molecule has 1 aromatic heterocycles. The highest BCUT2D eigenvalue weighted by Gasteiger charge is 2.36.